The Hall–Kier alpha value is -3.36. The Morgan fingerprint density at radius 2 is 2.13 bits per heavy atom. The fourth-order valence-electron chi connectivity index (χ4n) is 1.90. The molecule has 0 aliphatic rings. The van der Waals surface area contributed by atoms with Gasteiger partial charge in [-0.15, -0.1) is 10.2 Å². The fraction of sp³-hybridized carbons (Fsp3) is 0.0714. The minimum absolute atomic E-state index is 0.0722. The summed E-state index contributed by atoms with van der Waals surface area (Å²) in [5.74, 6) is -1.23. The van der Waals surface area contributed by atoms with Crippen LogP contribution in [0, 0.1) is 5.82 Å². The van der Waals surface area contributed by atoms with E-state index < -0.39 is 11.5 Å². The van der Waals surface area contributed by atoms with Crippen LogP contribution in [0.5, 0.6) is 0 Å². The van der Waals surface area contributed by atoms with Crippen molar-refractivity contribution in [2.75, 3.05) is 0 Å². The van der Waals surface area contributed by atoms with Crippen LogP contribution in [0.25, 0.3) is 5.76 Å². The summed E-state index contributed by atoms with van der Waals surface area (Å²) in [7, 11) is 0. The number of carbonyl (C=O) groups excluding carboxylic acids is 1. The Bertz CT molecular complexity index is 839. The average Bonchev–Trinajstić information content (AvgIpc) is 3.21. The van der Waals surface area contributed by atoms with Crippen molar-refractivity contribution in [1.82, 2.24) is 30.4 Å². The lowest BCUT2D eigenvalue weighted by molar-refractivity contribution is 0.104. The highest BCUT2D eigenvalue weighted by Gasteiger charge is 2.11. The van der Waals surface area contributed by atoms with Crippen molar-refractivity contribution in [3.05, 3.63) is 65.5 Å². The maximum absolute atomic E-state index is 12.9. The van der Waals surface area contributed by atoms with Crippen molar-refractivity contribution >= 4 is 11.5 Å². The number of hydrogen-bond donors (Lipinski definition) is 2. The van der Waals surface area contributed by atoms with Gasteiger partial charge in [0.25, 0.3) is 0 Å². The number of halogens is 1. The molecule has 0 atom stereocenters. The Kier molecular flexibility index (Phi) is 3.91. The molecule has 9 heteroatoms. The fourth-order valence-corrected chi connectivity index (χ4v) is 1.90. The summed E-state index contributed by atoms with van der Waals surface area (Å²) in [6.45, 7) is 0.397. The molecule has 23 heavy (non-hydrogen) atoms. The van der Waals surface area contributed by atoms with Gasteiger partial charge in [-0.2, -0.15) is 10.3 Å². The monoisotopic (exact) mass is 314 g/mol. The molecule has 3 aromatic rings. The SMILES string of the molecule is O=C(C=C(O)c1nn[nH]n1)c1cnn(Cc2ccc(F)cc2)c1. The van der Waals surface area contributed by atoms with E-state index in [1.54, 1.807) is 16.8 Å². The van der Waals surface area contributed by atoms with Gasteiger partial charge < -0.3 is 5.11 Å². The third kappa shape index (κ3) is 3.46. The molecule has 0 fully saturated rings. The number of ketones is 1. The molecule has 2 N–H and O–H groups in total. The third-order valence-corrected chi connectivity index (χ3v) is 3.02. The summed E-state index contributed by atoms with van der Waals surface area (Å²) in [6, 6.07) is 5.99. The lowest BCUT2D eigenvalue weighted by Crippen LogP contribution is -2.00. The topological polar surface area (TPSA) is 110 Å². The summed E-state index contributed by atoms with van der Waals surface area (Å²) >= 11 is 0. The second kappa shape index (κ2) is 6.18. The number of hydrogen-bond acceptors (Lipinski definition) is 6. The molecule has 0 aliphatic carbocycles. The lowest BCUT2D eigenvalue weighted by Gasteiger charge is -2.01. The number of aliphatic hydroxyl groups excluding tert-OH is 1. The van der Waals surface area contributed by atoms with Crippen LogP contribution in [0.15, 0.2) is 42.7 Å². The van der Waals surface area contributed by atoms with Gasteiger partial charge in [0.15, 0.2) is 11.5 Å². The molecular weight excluding hydrogens is 303 g/mol. The van der Waals surface area contributed by atoms with Crippen molar-refractivity contribution in [3.63, 3.8) is 0 Å². The Morgan fingerprint density at radius 1 is 1.35 bits per heavy atom. The molecule has 0 saturated carbocycles. The van der Waals surface area contributed by atoms with E-state index in [1.165, 1.54) is 24.5 Å². The van der Waals surface area contributed by atoms with Crippen molar-refractivity contribution in [2.24, 2.45) is 0 Å². The summed E-state index contributed by atoms with van der Waals surface area (Å²) in [4.78, 5) is 12.0. The molecule has 116 valence electrons. The van der Waals surface area contributed by atoms with Crippen LogP contribution in [0.1, 0.15) is 21.7 Å². The van der Waals surface area contributed by atoms with Gasteiger partial charge in [0, 0.05) is 12.3 Å². The largest absolute Gasteiger partial charge is 0.504 e. The molecule has 2 aromatic heterocycles. The third-order valence-electron chi connectivity index (χ3n) is 3.02. The normalized spacial score (nSPS) is 11.6. The number of benzene rings is 1. The number of nitrogens with one attached hydrogen (secondary N) is 1. The standard InChI is InChI=1S/C14H11FN6O2/c15-11-3-1-9(2-4-11)7-21-8-10(6-16-21)12(22)5-13(23)14-17-19-20-18-14/h1-6,8,23H,7H2,(H,17,18,19,20). The molecular formula is C14H11FN6O2. The van der Waals surface area contributed by atoms with Gasteiger partial charge in [-0.25, -0.2) is 4.39 Å². The quantitative estimate of drug-likeness (QED) is 0.418. The molecule has 0 unspecified atom stereocenters. The maximum atomic E-state index is 12.9. The molecule has 1 aromatic carbocycles. The number of allylic oxidation sites excluding steroid dienone is 1. The zero-order valence-electron chi connectivity index (χ0n) is 11.7. The summed E-state index contributed by atoms with van der Waals surface area (Å²) in [6.07, 6.45) is 3.90. The number of tetrazole rings is 1. The molecule has 2 heterocycles. The number of H-pyrrole nitrogens is 1. The molecule has 0 spiro atoms. The molecule has 8 nitrogen and oxygen atoms in total. The zero-order valence-corrected chi connectivity index (χ0v) is 11.7. The van der Waals surface area contributed by atoms with E-state index in [1.807, 2.05) is 0 Å². The van der Waals surface area contributed by atoms with E-state index in [2.05, 4.69) is 25.7 Å². The van der Waals surface area contributed by atoms with Gasteiger partial charge in [0.05, 0.1) is 18.3 Å². The van der Waals surface area contributed by atoms with Gasteiger partial charge in [-0.05, 0) is 22.9 Å². The first-order valence-corrected chi connectivity index (χ1v) is 6.57. The molecule has 0 bridgehead atoms. The number of aromatic nitrogens is 6. The minimum Gasteiger partial charge on any atom is -0.504 e. The Morgan fingerprint density at radius 3 is 2.83 bits per heavy atom. The first-order chi connectivity index (χ1) is 11.1. The highest BCUT2D eigenvalue weighted by atomic mass is 19.1. The average molecular weight is 314 g/mol. The number of nitrogens with zero attached hydrogens (tertiary/aromatic N) is 5. The van der Waals surface area contributed by atoms with Crippen LogP contribution in [0.2, 0.25) is 0 Å². The first-order valence-electron chi connectivity index (χ1n) is 6.57. The number of rotatable bonds is 5. The van der Waals surface area contributed by atoms with Gasteiger partial charge in [0.2, 0.25) is 5.82 Å². The first kappa shape index (κ1) is 14.6. The highest BCUT2D eigenvalue weighted by molar-refractivity contribution is 6.07. The summed E-state index contributed by atoms with van der Waals surface area (Å²) in [5, 5.41) is 26.4. The van der Waals surface area contributed by atoms with E-state index in [-0.39, 0.29) is 11.6 Å². The second-order valence-corrected chi connectivity index (χ2v) is 4.68. The number of aromatic amines is 1. The van der Waals surface area contributed by atoms with E-state index in [4.69, 9.17) is 0 Å². The summed E-state index contributed by atoms with van der Waals surface area (Å²) < 4.78 is 14.4. The summed E-state index contributed by atoms with van der Waals surface area (Å²) in [5.41, 5.74) is 1.14. The maximum Gasteiger partial charge on any atom is 0.239 e. The van der Waals surface area contributed by atoms with E-state index >= 15 is 0 Å². The van der Waals surface area contributed by atoms with Crippen LogP contribution in [0.3, 0.4) is 0 Å². The molecule has 0 amide bonds. The smallest absolute Gasteiger partial charge is 0.239 e. The predicted molar refractivity (Wildman–Crippen MR) is 76.8 cm³/mol. The van der Waals surface area contributed by atoms with Crippen LogP contribution in [-0.2, 0) is 6.54 Å². The second-order valence-electron chi connectivity index (χ2n) is 4.68. The van der Waals surface area contributed by atoms with E-state index in [9.17, 15) is 14.3 Å². The van der Waals surface area contributed by atoms with Crippen molar-refractivity contribution in [3.8, 4) is 0 Å². The van der Waals surface area contributed by atoms with Crippen LogP contribution >= 0.6 is 0 Å². The van der Waals surface area contributed by atoms with Gasteiger partial charge >= 0.3 is 0 Å². The zero-order chi connectivity index (χ0) is 16.2. The van der Waals surface area contributed by atoms with Gasteiger partial charge in [-0.3, -0.25) is 9.48 Å². The van der Waals surface area contributed by atoms with E-state index in [0.717, 1.165) is 11.6 Å². The lowest BCUT2D eigenvalue weighted by atomic mass is 10.2. The molecule has 0 aliphatic heterocycles. The predicted octanol–water partition coefficient (Wildman–Crippen LogP) is 1.37. The molecule has 3 rings (SSSR count). The van der Waals surface area contributed by atoms with Crippen LogP contribution in [-0.4, -0.2) is 41.3 Å². The molecule has 0 radical (unpaired) electrons. The van der Waals surface area contributed by atoms with E-state index in [0.29, 0.717) is 12.1 Å². The van der Waals surface area contributed by atoms with Crippen LogP contribution in [0.4, 0.5) is 4.39 Å². The van der Waals surface area contributed by atoms with Crippen LogP contribution < -0.4 is 0 Å². The van der Waals surface area contributed by atoms with Crippen molar-refractivity contribution in [2.45, 2.75) is 6.54 Å². The minimum atomic E-state index is -0.447. The van der Waals surface area contributed by atoms with Gasteiger partial charge in [0.1, 0.15) is 5.82 Å². The van der Waals surface area contributed by atoms with Crippen molar-refractivity contribution < 1.29 is 14.3 Å². The number of carbonyl (C=O) groups is 1. The van der Waals surface area contributed by atoms with Gasteiger partial charge in [-0.1, -0.05) is 12.1 Å². The Balaban J connectivity index is 1.72. The highest BCUT2D eigenvalue weighted by Crippen LogP contribution is 2.09. The molecule has 0 saturated heterocycles. The number of aliphatic hydroxyl groups is 1. The Labute approximate surface area is 129 Å². The van der Waals surface area contributed by atoms with Crippen molar-refractivity contribution in [1.29, 1.82) is 0 Å².